The van der Waals surface area contributed by atoms with Crippen LogP contribution in [0.3, 0.4) is 0 Å². The molecule has 2 aromatic rings. The third kappa shape index (κ3) is 5.57. The lowest BCUT2D eigenvalue weighted by atomic mass is 9.74. The van der Waals surface area contributed by atoms with Gasteiger partial charge in [-0.1, -0.05) is 85.0 Å². The van der Waals surface area contributed by atoms with E-state index in [1.165, 1.54) is 4.90 Å². The minimum atomic E-state index is -1.40. The standard InChI is InChI=1S/C35H39N3O7/c1-22(21-39)38-31-33(42)37(20-24-12-6-3-7-13-24)19-11-5-10-16-27(40)36-23(2)30(25-14-8-4-9-15-25)44-34(43)28-26-17-18-35(31,45-26)29(28)32(38)41/h3-9,11-15,17-18,22-23,26,28-31,39H,10,16,19-21H2,1-2H3,(H,36,40)/b11-5-/t22-,23-,26+,28-,29-,30+,31+,35-/m1/s1. The van der Waals surface area contributed by atoms with E-state index in [2.05, 4.69) is 5.32 Å². The Morgan fingerprint density at radius 1 is 1.00 bits per heavy atom. The molecule has 0 unspecified atom stereocenters. The van der Waals surface area contributed by atoms with Gasteiger partial charge in [-0.15, -0.1) is 0 Å². The van der Waals surface area contributed by atoms with Gasteiger partial charge < -0.3 is 29.7 Å². The van der Waals surface area contributed by atoms with Crippen molar-refractivity contribution in [2.24, 2.45) is 11.8 Å². The van der Waals surface area contributed by atoms with Crippen LogP contribution in [-0.2, 0) is 35.2 Å². The predicted octanol–water partition coefficient (Wildman–Crippen LogP) is 2.69. The number of nitrogens with zero attached hydrogens (tertiary/aromatic N) is 2. The van der Waals surface area contributed by atoms with Crippen LogP contribution in [0, 0.1) is 11.8 Å². The number of aliphatic hydroxyl groups excluding tert-OH is 1. The van der Waals surface area contributed by atoms with E-state index in [9.17, 15) is 24.3 Å². The first-order chi connectivity index (χ1) is 21.7. The second kappa shape index (κ2) is 12.6. The molecular weight excluding hydrogens is 574 g/mol. The summed E-state index contributed by atoms with van der Waals surface area (Å²) in [6.45, 7) is 3.60. The number of allylic oxidation sites excluding steroid dienone is 1. The SMILES string of the molecule is C[C@H](CO)N1C(=O)[C@H]2[C@@H]3C(=O)O[C@H](c4ccccc4)[C@@H](C)NC(=O)CC/C=C\CN(Cc4ccccc4)C(=O)[C@H]1[C@@]21C=C[C@@H]3O1. The van der Waals surface area contributed by atoms with Crippen molar-refractivity contribution < 1.29 is 33.8 Å². The molecule has 45 heavy (non-hydrogen) atoms. The number of fused-ring (bicyclic) bond motifs is 2. The maximum atomic E-state index is 14.6. The molecule has 6 rings (SSSR count). The average molecular weight is 614 g/mol. The Labute approximate surface area is 262 Å². The van der Waals surface area contributed by atoms with Crippen molar-refractivity contribution in [3.63, 3.8) is 0 Å². The van der Waals surface area contributed by atoms with E-state index in [1.807, 2.05) is 72.8 Å². The second-order valence-corrected chi connectivity index (χ2v) is 12.3. The molecule has 0 aliphatic carbocycles. The van der Waals surface area contributed by atoms with Crippen LogP contribution >= 0.6 is 0 Å². The highest BCUT2D eigenvalue weighted by atomic mass is 16.6. The number of ether oxygens (including phenoxy) is 2. The van der Waals surface area contributed by atoms with Crippen molar-refractivity contribution in [2.75, 3.05) is 13.2 Å². The molecule has 0 radical (unpaired) electrons. The zero-order chi connectivity index (χ0) is 31.7. The number of aliphatic hydroxyl groups is 1. The first-order valence-electron chi connectivity index (χ1n) is 15.6. The maximum absolute atomic E-state index is 14.6. The van der Waals surface area contributed by atoms with Crippen molar-refractivity contribution in [1.29, 1.82) is 0 Å². The number of benzene rings is 2. The largest absolute Gasteiger partial charge is 0.455 e. The number of cyclic esters (lactones) is 1. The van der Waals surface area contributed by atoms with Gasteiger partial charge in [-0.3, -0.25) is 19.2 Å². The summed E-state index contributed by atoms with van der Waals surface area (Å²) in [5.41, 5.74) is 0.198. The van der Waals surface area contributed by atoms with Crippen LogP contribution in [0.15, 0.2) is 85.0 Å². The molecule has 10 heteroatoms. The Balaban J connectivity index is 1.42. The highest BCUT2D eigenvalue weighted by Crippen LogP contribution is 2.56. The Morgan fingerprint density at radius 3 is 2.42 bits per heavy atom. The van der Waals surface area contributed by atoms with Crippen LogP contribution in [0.25, 0.3) is 0 Å². The molecule has 2 aromatic carbocycles. The highest BCUT2D eigenvalue weighted by molar-refractivity contribution is 5.99. The maximum Gasteiger partial charge on any atom is 0.313 e. The summed E-state index contributed by atoms with van der Waals surface area (Å²) in [5.74, 6) is -3.65. The second-order valence-electron chi connectivity index (χ2n) is 12.3. The van der Waals surface area contributed by atoms with Crippen molar-refractivity contribution >= 4 is 23.7 Å². The first kappa shape index (κ1) is 30.7. The molecule has 10 nitrogen and oxygen atoms in total. The molecule has 0 aromatic heterocycles. The minimum absolute atomic E-state index is 0.196. The summed E-state index contributed by atoms with van der Waals surface area (Å²) in [6, 6.07) is 16.3. The zero-order valence-electron chi connectivity index (χ0n) is 25.5. The molecule has 2 saturated heterocycles. The fourth-order valence-corrected chi connectivity index (χ4v) is 7.17. The smallest absolute Gasteiger partial charge is 0.313 e. The molecule has 8 atom stereocenters. The van der Waals surface area contributed by atoms with E-state index in [4.69, 9.17) is 9.47 Å². The number of hydrogen-bond donors (Lipinski definition) is 2. The topological polar surface area (TPSA) is 125 Å². The van der Waals surface area contributed by atoms with E-state index < -0.39 is 59.6 Å². The quantitative estimate of drug-likeness (QED) is 0.393. The minimum Gasteiger partial charge on any atom is -0.455 e. The molecule has 3 amide bonds. The van der Waals surface area contributed by atoms with E-state index in [1.54, 1.807) is 30.9 Å². The Bertz CT molecular complexity index is 1500. The molecule has 4 aliphatic heterocycles. The molecule has 4 heterocycles. The summed E-state index contributed by atoms with van der Waals surface area (Å²) >= 11 is 0. The van der Waals surface area contributed by atoms with Crippen molar-refractivity contribution in [2.45, 2.75) is 69.2 Å². The number of carbonyl (C=O) groups excluding carboxylic acids is 4. The molecule has 5 bridgehead atoms. The highest BCUT2D eigenvalue weighted by Gasteiger charge is 2.74. The molecule has 1 spiro atoms. The van der Waals surface area contributed by atoms with Crippen LogP contribution < -0.4 is 5.32 Å². The molecule has 0 saturated carbocycles. The van der Waals surface area contributed by atoms with Gasteiger partial charge in [0.25, 0.3) is 0 Å². The monoisotopic (exact) mass is 613 g/mol. The third-order valence-corrected chi connectivity index (χ3v) is 9.33. The van der Waals surface area contributed by atoms with Gasteiger partial charge in [-0.2, -0.15) is 0 Å². The summed E-state index contributed by atoms with van der Waals surface area (Å²) in [6.07, 6.45) is 6.28. The number of likely N-dealkylation sites (tertiary alicyclic amines) is 1. The lowest BCUT2D eigenvalue weighted by Crippen LogP contribution is -2.57. The normalized spacial score (nSPS) is 33.1. The van der Waals surface area contributed by atoms with Crippen molar-refractivity contribution in [1.82, 2.24) is 15.1 Å². The predicted molar refractivity (Wildman–Crippen MR) is 164 cm³/mol. The molecule has 236 valence electrons. The molecular formula is C35H39N3O7. The molecule has 2 fully saturated rings. The summed E-state index contributed by atoms with van der Waals surface area (Å²) < 4.78 is 12.6. The van der Waals surface area contributed by atoms with E-state index in [-0.39, 0.29) is 37.9 Å². The van der Waals surface area contributed by atoms with Gasteiger partial charge in [0.15, 0.2) is 0 Å². The van der Waals surface area contributed by atoms with Gasteiger partial charge >= 0.3 is 5.97 Å². The Hall–Kier alpha value is -4.28. The lowest BCUT2D eigenvalue weighted by molar-refractivity contribution is -0.162. The van der Waals surface area contributed by atoms with Gasteiger partial charge in [0.05, 0.1) is 30.7 Å². The summed E-state index contributed by atoms with van der Waals surface area (Å²) in [4.78, 5) is 59.0. The number of amides is 3. The number of hydrogen-bond acceptors (Lipinski definition) is 7. The van der Waals surface area contributed by atoms with Crippen molar-refractivity contribution in [3.05, 3.63) is 96.1 Å². The molecule has 4 aliphatic rings. The van der Waals surface area contributed by atoms with Gasteiger partial charge in [-0.05, 0) is 31.4 Å². The Morgan fingerprint density at radius 2 is 1.71 bits per heavy atom. The van der Waals surface area contributed by atoms with Crippen LogP contribution in [0.2, 0.25) is 0 Å². The number of carbonyl (C=O) groups is 4. The zero-order valence-corrected chi connectivity index (χ0v) is 25.5. The fraction of sp³-hybridized carbons (Fsp3) is 0.429. The first-order valence-corrected chi connectivity index (χ1v) is 15.6. The summed E-state index contributed by atoms with van der Waals surface area (Å²) in [7, 11) is 0. The van der Waals surface area contributed by atoms with Crippen LogP contribution in [0.5, 0.6) is 0 Å². The van der Waals surface area contributed by atoms with Crippen LogP contribution in [-0.4, -0.2) is 81.6 Å². The lowest BCUT2D eigenvalue weighted by Gasteiger charge is -2.37. The van der Waals surface area contributed by atoms with Crippen molar-refractivity contribution in [3.8, 4) is 0 Å². The average Bonchev–Trinajstić information content (AvgIpc) is 3.70. The van der Waals surface area contributed by atoms with Crippen LogP contribution in [0.4, 0.5) is 0 Å². The molecule has 2 N–H and O–H groups in total. The number of rotatable bonds is 5. The van der Waals surface area contributed by atoms with Gasteiger partial charge in [0, 0.05) is 19.5 Å². The Kier molecular flexibility index (Phi) is 8.61. The van der Waals surface area contributed by atoms with Gasteiger partial charge in [-0.25, -0.2) is 0 Å². The number of esters is 1. The van der Waals surface area contributed by atoms with E-state index in [0.717, 1.165) is 5.56 Å². The van der Waals surface area contributed by atoms with Gasteiger partial charge in [0.1, 0.15) is 23.7 Å². The van der Waals surface area contributed by atoms with Gasteiger partial charge in [0.2, 0.25) is 17.7 Å². The third-order valence-electron chi connectivity index (χ3n) is 9.33. The van der Waals surface area contributed by atoms with E-state index >= 15 is 0 Å². The van der Waals surface area contributed by atoms with Crippen LogP contribution in [0.1, 0.15) is 43.9 Å². The van der Waals surface area contributed by atoms with E-state index in [0.29, 0.717) is 12.0 Å². The number of nitrogens with one attached hydrogen (secondary N) is 1. The fourth-order valence-electron chi connectivity index (χ4n) is 7.17. The summed E-state index contributed by atoms with van der Waals surface area (Å²) in [5, 5.41) is 13.2.